The highest BCUT2D eigenvalue weighted by atomic mass is 32.2. The van der Waals surface area contributed by atoms with Gasteiger partial charge < -0.3 is 8.37 Å². The molecule has 35 heavy (non-hydrogen) atoms. The Morgan fingerprint density at radius 1 is 0.686 bits per heavy atom. The fourth-order valence-electron chi connectivity index (χ4n) is 4.07. The summed E-state index contributed by atoms with van der Waals surface area (Å²) in [5.41, 5.74) is -9.78. The van der Waals surface area contributed by atoms with Gasteiger partial charge in [0.1, 0.15) is 11.5 Å². The van der Waals surface area contributed by atoms with Crippen LogP contribution in [-0.4, -0.2) is 27.9 Å². The lowest BCUT2D eigenvalue weighted by Crippen LogP contribution is -2.28. The number of benzene rings is 3. The van der Waals surface area contributed by atoms with Gasteiger partial charge in [-0.2, -0.15) is 43.2 Å². The van der Waals surface area contributed by atoms with Gasteiger partial charge in [0.15, 0.2) is 0 Å². The minimum Gasteiger partial charge on any atom is -0.376 e. The van der Waals surface area contributed by atoms with E-state index < -0.39 is 48.2 Å². The summed E-state index contributed by atoms with van der Waals surface area (Å²) in [6.45, 7) is 3.44. The van der Waals surface area contributed by atoms with Crippen LogP contribution in [0.1, 0.15) is 25.0 Å². The van der Waals surface area contributed by atoms with Crippen LogP contribution >= 0.6 is 0 Å². The molecule has 0 N–H and O–H groups in total. The molecular weight excluding hydrogens is 526 g/mol. The van der Waals surface area contributed by atoms with Crippen LogP contribution < -0.4 is 8.37 Å². The topological polar surface area (TPSA) is 86.7 Å². The first-order valence-corrected chi connectivity index (χ1v) is 12.4. The number of rotatable bonds is 4. The largest absolute Gasteiger partial charge is 0.534 e. The van der Waals surface area contributed by atoms with Gasteiger partial charge >= 0.3 is 31.3 Å². The highest BCUT2D eigenvalue weighted by molar-refractivity contribution is 7.88. The van der Waals surface area contributed by atoms with E-state index in [4.69, 9.17) is 0 Å². The highest BCUT2D eigenvalue weighted by Gasteiger charge is 2.49. The summed E-state index contributed by atoms with van der Waals surface area (Å²) in [5, 5.41) is 0.862. The Hall–Kier alpha value is -3.00. The van der Waals surface area contributed by atoms with E-state index in [1.807, 2.05) is 0 Å². The Morgan fingerprint density at radius 2 is 1.17 bits per heavy atom. The fraction of sp³-hybridized carbons (Fsp3) is 0.238. The van der Waals surface area contributed by atoms with Gasteiger partial charge in [-0.25, -0.2) is 0 Å². The van der Waals surface area contributed by atoms with Crippen molar-refractivity contribution in [3.05, 3.63) is 59.7 Å². The van der Waals surface area contributed by atoms with Crippen molar-refractivity contribution in [1.29, 1.82) is 0 Å². The van der Waals surface area contributed by atoms with Crippen molar-refractivity contribution >= 4 is 31.0 Å². The lowest BCUT2D eigenvalue weighted by atomic mass is 9.80. The van der Waals surface area contributed by atoms with E-state index in [0.29, 0.717) is 33.0 Å². The number of hydrogen-bond donors (Lipinski definition) is 0. The van der Waals surface area contributed by atoms with Crippen molar-refractivity contribution in [2.75, 3.05) is 0 Å². The number of fused-ring (bicyclic) bond motifs is 5. The summed E-state index contributed by atoms with van der Waals surface area (Å²) in [5.74, 6) is -1.10. The van der Waals surface area contributed by atoms with E-state index in [1.165, 1.54) is 24.3 Å². The second kappa shape index (κ2) is 7.50. The fourth-order valence-corrected chi connectivity index (χ4v) is 4.97. The number of hydrogen-bond acceptors (Lipinski definition) is 6. The smallest absolute Gasteiger partial charge is 0.376 e. The van der Waals surface area contributed by atoms with Gasteiger partial charge in [0.25, 0.3) is 0 Å². The van der Waals surface area contributed by atoms with E-state index >= 15 is 0 Å². The lowest BCUT2D eigenvalue weighted by molar-refractivity contribution is -0.0504. The Kier molecular flexibility index (Phi) is 5.38. The number of halogens is 6. The zero-order chi connectivity index (χ0) is 26.2. The van der Waals surface area contributed by atoms with Gasteiger partial charge in [-0.05, 0) is 57.3 Å². The molecule has 0 aromatic heterocycles. The van der Waals surface area contributed by atoms with Gasteiger partial charge in [0.2, 0.25) is 0 Å². The van der Waals surface area contributed by atoms with Crippen molar-refractivity contribution in [1.82, 2.24) is 0 Å². The van der Waals surface area contributed by atoms with Crippen LogP contribution in [0.2, 0.25) is 0 Å². The second-order valence-corrected chi connectivity index (χ2v) is 11.2. The third-order valence-corrected chi connectivity index (χ3v) is 7.51. The zero-order valence-corrected chi connectivity index (χ0v) is 19.3. The molecule has 0 unspecified atom stereocenters. The van der Waals surface area contributed by atoms with Gasteiger partial charge in [-0.3, -0.25) is 0 Å². The van der Waals surface area contributed by atoms with Crippen LogP contribution in [0.3, 0.4) is 0 Å². The zero-order valence-electron chi connectivity index (χ0n) is 17.7. The Bertz CT molecular complexity index is 1570. The van der Waals surface area contributed by atoms with E-state index in [2.05, 4.69) is 8.37 Å². The molecule has 0 heterocycles. The maximum absolute atomic E-state index is 12.7. The SMILES string of the molecule is CC1(C)c2cc(OS(=O)(=O)C(F)(F)F)ccc2-c2ccc3cc(OS(=O)(=O)C(F)(F)F)ccc3c21. The lowest BCUT2D eigenvalue weighted by Gasteiger charge is -2.23. The molecule has 0 fully saturated rings. The van der Waals surface area contributed by atoms with Crippen molar-refractivity contribution in [2.24, 2.45) is 0 Å². The first-order valence-electron chi connectivity index (χ1n) is 9.59. The molecule has 0 bridgehead atoms. The molecule has 0 aliphatic heterocycles. The molecule has 0 atom stereocenters. The van der Waals surface area contributed by atoms with E-state index in [0.717, 1.165) is 18.2 Å². The molecule has 0 saturated heterocycles. The van der Waals surface area contributed by atoms with Crippen LogP contribution in [0.4, 0.5) is 26.3 Å². The molecule has 4 rings (SSSR count). The average Bonchev–Trinajstić information content (AvgIpc) is 2.92. The van der Waals surface area contributed by atoms with Crippen LogP contribution in [0, 0.1) is 0 Å². The minimum absolute atomic E-state index is 0.343. The van der Waals surface area contributed by atoms with Crippen molar-refractivity contribution in [2.45, 2.75) is 30.3 Å². The van der Waals surface area contributed by atoms with E-state index in [-0.39, 0.29) is 0 Å². The average molecular weight is 540 g/mol. The molecule has 1 aliphatic rings. The molecular formula is C21H14F6O6S2. The summed E-state index contributed by atoms with van der Waals surface area (Å²) >= 11 is 0. The molecule has 6 nitrogen and oxygen atoms in total. The van der Waals surface area contributed by atoms with Crippen molar-refractivity contribution in [3.8, 4) is 22.6 Å². The third-order valence-electron chi connectivity index (χ3n) is 5.55. The van der Waals surface area contributed by atoms with Crippen molar-refractivity contribution in [3.63, 3.8) is 0 Å². The van der Waals surface area contributed by atoms with Gasteiger partial charge in [0.05, 0.1) is 0 Å². The Labute approximate surface area is 195 Å². The van der Waals surface area contributed by atoms with Crippen LogP contribution in [-0.2, 0) is 25.7 Å². The van der Waals surface area contributed by atoms with Crippen LogP contribution in [0.15, 0.2) is 48.5 Å². The first-order chi connectivity index (χ1) is 15.9. The van der Waals surface area contributed by atoms with Crippen LogP contribution in [0.5, 0.6) is 11.5 Å². The summed E-state index contributed by atoms with van der Waals surface area (Å²) in [4.78, 5) is 0. The monoisotopic (exact) mass is 540 g/mol. The summed E-state index contributed by atoms with van der Waals surface area (Å²) in [6.07, 6.45) is 0. The second-order valence-electron chi connectivity index (χ2n) is 8.17. The first kappa shape index (κ1) is 25.1. The van der Waals surface area contributed by atoms with E-state index in [1.54, 1.807) is 19.9 Å². The molecule has 14 heteroatoms. The van der Waals surface area contributed by atoms with Gasteiger partial charge in [0, 0.05) is 5.41 Å². The molecule has 0 radical (unpaired) electrons. The normalized spacial score (nSPS) is 15.5. The van der Waals surface area contributed by atoms with Gasteiger partial charge in [-0.1, -0.05) is 38.1 Å². The quantitative estimate of drug-likeness (QED) is 0.243. The molecule has 3 aromatic carbocycles. The van der Waals surface area contributed by atoms with E-state index in [9.17, 15) is 43.2 Å². The predicted molar refractivity (Wildman–Crippen MR) is 113 cm³/mol. The van der Waals surface area contributed by atoms with Gasteiger partial charge in [-0.15, -0.1) is 0 Å². The predicted octanol–water partition coefficient (Wildman–Crippen LogP) is 5.60. The standard InChI is InChI=1S/C21H14F6O6S2/c1-19(2)17-10-13(33-35(30,31)21(25,26)27)5-8-15(17)16-6-3-11-9-12(4-7-14(11)18(16)19)32-34(28,29)20(22,23)24/h3-10H,1-2H3. The third kappa shape index (κ3) is 4.07. The maximum atomic E-state index is 12.7. The highest BCUT2D eigenvalue weighted by Crippen LogP contribution is 2.52. The molecule has 1 aliphatic carbocycles. The van der Waals surface area contributed by atoms with Crippen LogP contribution in [0.25, 0.3) is 21.9 Å². The molecule has 3 aromatic rings. The minimum atomic E-state index is -5.88. The molecule has 0 saturated carbocycles. The Morgan fingerprint density at radius 3 is 1.71 bits per heavy atom. The Balaban J connectivity index is 1.78. The molecule has 188 valence electrons. The van der Waals surface area contributed by atoms with Crippen molar-refractivity contribution < 1.29 is 51.5 Å². The number of alkyl halides is 6. The molecule has 0 spiro atoms. The summed E-state index contributed by atoms with van der Waals surface area (Å²) in [6, 6.07) is 10.3. The maximum Gasteiger partial charge on any atom is 0.534 e. The summed E-state index contributed by atoms with van der Waals surface area (Å²) < 4.78 is 130. The summed E-state index contributed by atoms with van der Waals surface area (Å²) in [7, 11) is -11.8. The molecule has 0 amide bonds.